The second-order valence-corrected chi connectivity index (χ2v) is 5.40. The molecule has 2 rings (SSSR count). The van der Waals surface area contributed by atoms with E-state index in [2.05, 4.69) is 12.2 Å². The predicted octanol–water partition coefficient (Wildman–Crippen LogP) is 2.97. The third-order valence-electron chi connectivity index (χ3n) is 3.58. The monoisotopic (exact) mass is 297 g/mol. The van der Waals surface area contributed by atoms with Crippen LogP contribution in [0.2, 0.25) is 0 Å². The summed E-state index contributed by atoms with van der Waals surface area (Å²) in [5.74, 6) is -0.0653. The van der Waals surface area contributed by atoms with Crippen molar-refractivity contribution in [3.05, 3.63) is 59.2 Å². The lowest BCUT2D eigenvalue weighted by molar-refractivity contribution is 0.103. The molecule has 0 aliphatic carbocycles. The van der Waals surface area contributed by atoms with Gasteiger partial charge in [0.15, 0.2) is 5.78 Å². The molecule has 116 valence electrons. The van der Waals surface area contributed by atoms with Gasteiger partial charge in [-0.25, -0.2) is 0 Å². The van der Waals surface area contributed by atoms with Crippen LogP contribution >= 0.6 is 0 Å². The summed E-state index contributed by atoms with van der Waals surface area (Å²) in [6, 6.07) is 12.4. The molecule has 0 fully saturated rings. The van der Waals surface area contributed by atoms with Crippen LogP contribution in [0.4, 0.5) is 11.4 Å². The Morgan fingerprint density at radius 3 is 2.55 bits per heavy atom. The smallest absolute Gasteiger partial charge is 0.193 e. The van der Waals surface area contributed by atoms with Crippen molar-refractivity contribution in [2.45, 2.75) is 26.3 Å². The van der Waals surface area contributed by atoms with Crippen LogP contribution in [0.3, 0.4) is 0 Å². The average molecular weight is 297 g/mol. The highest BCUT2D eigenvalue weighted by molar-refractivity contribution is 6.09. The highest BCUT2D eigenvalue weighted by atomic mass is 16.1. The number of anilines is 2. The van der Waals surface area contributed by atoms with Crippen molar-refractivity contribution in [1.82, 2.24) is 5.32 Å². The summed E-state index contributed by atoms with van der Waals surface area (Å²) >= 11 is 0. The van der Waals surface area contributed by atoms with Gasteiger partial charge in [-0.3, -0.25) is 4.79 Å². The summed E-state index contributed by atoms with van der Waals surface area (Å²) in [4.78, 5) is 12.4. The molecule has 0 unspecified atom stereocenters. The van der Waals surface area contributed by atoms with Crippen LogP contribution in [0.1, 0.15) is 41.3 Å². The van der Waals surface area contributed by atoms with Crippen molar-refractivity contribution < 1.29 is 4.79 Å². The lowest BCUT2D eigenvalue weighted by Gasteiger charge is -2.09. The lowest BCUT2D eigenvalue weighted by Crippen LogP contribution is -2.16. The zero-order chi connectivity index (χ0) is 15.9. The first kappa shape index (κ1) is 16.0. The number of hydrogen-bond acceptors (Lipinski definition) is 4. The molecule has 0 amide bonds. The number of nitrogens with one attached hydrogen (secondary N) is 1. The fraction of sp³-hybridized carbons (Fsp3) is 0.278. The second kappa shape index (κ2) is 7.61. The van der Waals surface area contributed by atoms with Gasteiger partial charge in [0.1, 0.15) is 0 Å². The van der Waals surface area contributed by atoms with Crippen LogP contribution < -0.4 is 16.8 Å². The van der Waals surface area contributed by atoms with Gasteiger partial charge in [-0.1, -0.05) is 37.6 Å². The molecule has 5 N–H and O–H groups in total. The molecule has 4 nitrogen and oxygen atoms in total. The molecule has 0 radical (unpaired) electrons. The normalized spacial score (nSPS) is 10.6. The molecule has 0 bridgehead atoms. The number of benzene rings is 2. The molecular weight excluding hydrogens is 274 g/mol. The zero-order valence-electron chi connectivity index (χ0n) is 12.9. The van der Waals surface area contributed by atoms with Crippen LogP contribution in [0, 0.1) is 0 Å². The quantitative estimate of drug-likeness (QED) is 0.417. The van der Waals surface area contributed by atoms with Gasteiger partial charge in [-0.2, -0.15) is 0 Å². The third kappa shape index (κ3) is 4.09. The molecule has 0 spiro atoms. The fourth-order valence-corrected chi connectivity index (χ4v) is 2.27. The molecule has 0 saturated carbocycles. The van der Waals surface area contributed by atoms with E-state index in [1.54, 1.807) is 30.3 Å². The SMILES string of the molecule is CCCCNCc1ccc(C(=O)c2cccc(N)c2)cc1N. The third-order valence-corrected chi connectivity index (χ3v) is 3.58. The average Bonchev–Trinajstić information content (AvgIpc) is 2.52. The summed E-state index contributed by atoms with van der Waals surface area (Å²) < 4.78 is 0. The number of nitrogens with two attached hydrogens (primary N) is 2. The Kier molecular flexibility index (Phi) is 5.55. The number of hydrogen-bond donors (Lipinski definition) is 3. The van der Waals surface area contributed by atoms with Crippen molar-refractivity contribution >= 4 is 17.2 Å². The number of nitrogen functional groups attached to an aromatic ring is 2. The van der Waals surface area contributed by atoms with E-state index in [4.69, 9.17) is 11.5 Å². The van der Waals surface area contributed by atoms with Crippen LogP contribution in [0.25, 0.3) is 0 Å². The van der Waals surface area contributed by atoms with Gasteiger partial charge in [-0.05, 0) is 36.7 Å². The number of rotatable bonds is 7. The van der Waals surface area contributed by atoms with E-state index in [0.29, 0.717) is 22.5 Å². The minimum Gasteiger partial charge on any atom is -0.399 e. The number of unbranched alkanes of at least 4 members (excludes halogenated alkanes) is 1. The lowest BCUT2D eigenvalue weighted by atomic mass is 10.0. The van der Waals surface area contributed by atoms with Crippen molar-refractivity contribution in [2.75, 3.05) is 18.0 Å². The predicted molar refractivity (Wildman–Crippen MR) is 91.8 cm³/mol. The topological polar surface area (TPSA) is 81.1 Å². The summed E-state index contributed by atoms with van der Waals surface area (Å²) in [7, 11) is 0. The zero-order valence-corrected chi connectivity index (χ0v) is 12.9. The standard InChI is InChI=1S/C18H23N3O/c1-2-3-9-21-12-15-8-7-14(11-17(15)20)18(22)13-5-4-6-16(19)10-13/h4-8,10-11,21H,2-3,9,12,19-20H2,1H3. The summed E-state index contributed by atoms with van der Waals surface area (Å²) in [6.07, 6.45) is 2.31. The molecule has 2 aromatic carbocycles. The fourth-order valence-electron chi connectivity index (χ4n) is 2.27. The second-order valence-electron chi connectivity index (χ2n) is 5.40. The molecule has 0 aromatic heterocycles. The van der Waals surface area contributed by atoms with Crippen molar-refractivity contribution in [3.8, 4) is 0 Å². The van der Waals surface area contributed by atoms with Gasteiger partial charge in [0.05, 0.1) is 0 Å². The van der Waals surface area contributed by atoms with E-state index in [1.165, 1.54) is 0 Å². The minimum atomic E-state index is -0.0653. The molecule has 4 heteroatoms. The molecule has 0 atom stereocenters. The van der Waals surface area contributed by atoms with Gasteiger partial charge in [0.25, 0.3) is 0 Å². The molecule has 0 aliphatic rings. The van der Waals surface area contributed by atoms with E-state index < -0.39 is 0 Å². The molecule has 0 saturated heterocycles. The van der Waals surface area contributed by atoms with Crippen LogP contribution in [-0.4, -0.2) is 12.3 Å². The van der Waals surface area contributed by atoms with E-state index >= 15 is 0 Å². The van der Waals surface area contributed by atoms with Crippen molar-refractivity contribution in [3.63, 3.8) is 0 Å². The van der Waals surface area contributed by atoms with Crippen LogP contribution in [-0.2, 0) is 6.54 Å². The maximum Gasteiger partial charge on any atom is 0.193 e. The Balaban J connectivity index is 2.10. The minimum absolute atomic E-state index is 0.0653. The first-order valence-electron chi connectivity index (χ1n) is 7.61. The first-order valence-corrected chi connectivity index (χ1v) is 7.61. The summed E-state index contributed by atoms with van der Waals surface area (Å²) in [6.45, 7) is 3.85. The Morgan fingerprint density at radius 2 is 1.86 bits per heavy atom. The number of ketones is 1. The van der Waals surface area contributed by atoms with Gasteiger partial charge in [0, 0.05) is 29.0 Å². The highest BCUT2D eigenvalue weighted by Gasteiger charge is 2.11. The van der Waals surface area contributed by atoms with Crippen LogP contribution in [0.15, 0.2) is 42.5 Å². The Labute approximate surface area is 131 Å². The largest absolute Gasteiger partial charge is 0.399 e. The summed E-state index contributed by atoms with van der Waals surface area (Å²) in [5.41, 5.74) is 15.2. The van der Waals surface area contributed by atoms with E-state index in [1.807, 2.05) is 12.1 Å². The molecule has 22 heavy (non-hydrogen) atoms. The Hall–Kier alpha value is -2.33. The van der Waals surface area contributed by atoms with Crippen molar-refractivity contribution in [2.24, 2.45) is 0 Å². The molecule has 0 heterocycles. The maximum absolute atomic E-state index is 12.4. The van der Waals surface area contributed by atoms with Gasteiger partial charge >= 0.3 is 0 Å². The molecule has 2 aromatic rings. The van der Waals surface area contributed by atoms with E-state index in [0.717, 1.165) is 31.5 Å². The van der Waals surface area contributed by atoms with Gasteiger partial charge in [0.2, 0.25) is 0 Å². The van der Waals surface area contributed by atoms with Gasteiger partial charge < -0.3 is 16.8 Å². The van der Waals surface area contributed by atoms with E-state index in [9.17, 15) is 4.79 Å². The maximum atomic E-state index is 12.4. The highest BCUT2D eigenvalue weighted by Crippen LogP contribution is 2.18. The number of carbonyl (C=O) groups is 1. The van der Waals surface area contributed by atoms with E-state index in [-0.39, 0.29) is 5.78 Å². The molecular formula is C18H23N3O. The van der Waals surface area contributed by atoms with Crippen LogP contribution in [0.5, 0.6) is 0 Å². The number of carbonyl (C=O) groups excluding carboxylic acids is 1. The first-order chi connectivity index (χ1) is 10.6. The van der Waals surface area contributed by atoms with Crippen molar-refractivity contribution in [1.29, 1.82) is 0 Å². The summed E-state index contributed by atoms with van der Waals surface area (Å²) in [5, 5.41) is 3.35. The Morgan fingerprint density at radius 1 is 1.09 bits per heavy atom. The Bertz CT molecular complexity index is 653. The van der Waals surface area contributed by atoms with Gasteiger partial charge in [-0.15, -0.1) is 0 Å². The molecule has 0 aliphatic heterocycles.